The van der Waals surface area contributed by atoms with E-state index in [1.54, 1.807) is 24.3 Å². The van der Waals surface area contributed by atoms with Crippen LogP contribution in [0.2, 0.25) is 0 Å². The number of hydrogen-bond acceptors (Lipinski definition) is 8. The van der Waals surface area contributed by atoms with E-state index in [1.807, 2.05) is 12.1 Å². The van der Waals surface area contributed by atoms with Crippen LogP contribution in [0, 0.1) is 17.5 Å². The Morgan fingerprint density at radius 3 is 2.55 bits per heavy atom. The Kier molecular flexibility index (Phi) is 7.53. The van der Waals surface area contributed by atoms with Crippen molar-refractivity contribution in [3.63, 3.8) is 0 Å². The maximum absolute atomic E-state index is 13.8. The van der Waals surface area contributed by atoms with Gasteiger partial charge < -0.3 is 30.1 Å². The Bertz CT molecular complexity index is 1650. The highest BCUT2D eigenvalue weighted by Gasteiger charge is 2.62. The quantitative estimate of drug-likeness (QED) is 0.242. The molecule has 1 aromatic heterocycles. The van der Waals surface area contributed by atoms with Crippen molar-refractivity contribution in [2.24, 2.45) is 0 Å². The summed E-state index contributed by atoms with van der Waals surface area (Å²) in [6.45, 7) is -0.607. The van der Waals surface area contributed by atoms with E-state index in [1.165, 1.54) is 6.20 Å². The molecule has 3 heterocycles. The van der Waals surface area contributed by atoms with E-state index < -0.39 is 66.1 Å². The maximum Gasteiger partial charge on any atom is 0.252 e. The number of ether oxygens (including phenoxy) is 2. The zero-order chi connectivity index (χ0) is 29.8. The number of nitrogens with one attached hydrogen (secondary N) is 1. The summed E-state index contributed by atoms with van der Waals surface area (Å²) in [5.74, 6) is -6.87. The summed E-state index contributed by atoms with van der Waals surface area (Å²) in [6, 6.07) is 9.94. The normalized spacial score (nSPS) is 27.5. The lowest BCUT2D eigenvalue weighted by Crippen LogP contribution is -2.69. The molecule has 1 spiro atoms. The molecular weight excluding hydrogens is 625 g/mol. The lowest BCUT2D eigenvalue weighted by Gasteiger charge is -2.49. The van der Waals surface area contributed by atoms with Gasteiger partial charge in [-0.1, -0.05) is 45.4 Å². The van der Waals surface area contributed by atoms with Crippen molar-refractivity contribution in [2.75, 3.05) is 13.2 Å². The molecule has 6 rings (SSSR count). The fourth-order valence-corrected chi connectivity index (χ4v) is 6.12. The zero-order valence-corrected chi connectivity index (χ0v) is 23.2. The third-order valence-corrected chi connectivity index (χ3v) is 8.41. The molecule has 6 atom stereocenters. The number of aliphatic hydroxyl groups is 3. The van der Waals surface area contributed by atoms with Gasteiger partial charge in [0.15, 0.2) is 17.5 Å². The van der Waals surface area contributed by atoms with Crippen LogP contribution in [-0.2, 0) is 9.47 Å². The molecule has 0 radical (unpaired) electrons. The van der Waals surface area contributed by atoms with Gasteiger partial charge in [-0.05, 0) is 41.5 Å². The molecule has 2 fully saturated rings. The Balaban J connectivity index is 1.33. The molecule has 0 bridgehead atoms. The third-order valence-electron chi connectivity index (χ3n) is 7.72. The summed E-state index contributed by atoms with van der Waals surface area (Å²) >= 11 is 3.49. The van der Waals surface area contributed by atoms with Crippen molar-refractivity contribution in [1.29, 1.82) is 0 Å². The van der Waals surface area contributed by atoms with E-state index in [9.17, 15) is 33.3 Å². The lowest BCUT2D eigenvalue weighted by molar-refractivity contribution is -0.344. The van der Waals surface area contributed by atoms with Gasteiger partial charge in [-0.25, -0.2) is 17.9 Å². The van der Waals surface area contributed by atoms with Crippen molar-refractivity contribution in [1.82, 2.24) is 20.3 Å². The Morgan fingerprint density at radius 2 is 1.83 bits per heavy atom. The number of nitrogens with zero attached hydrogens (tertiary/aromatic N) is 3. The summed E-state index contributed by atoms with van der Waals surface area (Å²) in [6.07, 6.45) is -3.05. The first kappa shape index (κ1) is 28.7. The number of halogens is 4. The highest BCUT2D eigenvalue weighted by molar-refractivity contribution is 9.10. The molecule has 2 saturated heterocycles. The maximum atomic E-state index is 13.8. The van der Waals surface area contributed by atoms with Crippen LogP contribution in [0.15, 0.2) is 59.2 Å². The van der Waals surface area contributed by atoms with Crippen molar-refractivity contribution in [2.45, 2.75) is 42.6 Å². The van der Waals surface area contributed by atoms with Crippen molar-refractivity contribution >= 4 is 32.6 Å². The highest BCUT2D eigenvalue weighted by Crippen LogP contribution is 2.43. The fourth-order valence-electron chi connectivity index (χ4n) is 5.64. The number of amides is 1. The summed E-state index contributed by atoms with van der Waals surface area (Å²) in [7, 11) is 0. The molecule has 42 heavy (non-hydrogen) atoms. The highest BCUT2D eigenvalue weighted by atomic mass is 79.9. The Hall–Kier alpha value is -3.40. The van der Waals surface area contributed by atoms with E-state index >= 15 is 0 Å². The van der Waals surface area contributed by atoms with Gasteiger partial charge in [0.1, 0.15) is 30.0 Å². The minimum absolute atomic E-state index is 0.0702. The van der Waals surface area contributed by atoms with E-state index in [0.717, 1.165) is 26.7 Å². The fraction of sp³-hybridized carbons (Fsp3) is 0.321. The molecule has 0 saturated carbocycles. The average molecular weight is 649 g/mol. The molecule has 3 aromatic carbocycles. The van der Waals surface area contributed by atoms with Gasteiger partial charge >= 0.3 is 0 Å². The molecule has 220 valence electrons. The van der Waals surface area contributed by atoms with Gasteiger partial charge in [-0.15, -0.1) is 5.10 Å². The largest absolute Gasteiger partial charge is 0.394 e. The van der Waals surface area contributed by atoms with Crippen molar-refractivity contribution in [3.8, 4) is 11.3 Å². The Morgan fingerprint density at radius 1 is 1.12 bits per heavy atom. The number of carbonyl (C=O) groups excluding carboxylic acids is 1. The number of hydrogen-bond donors (Lipinski definition) is 4. The minimum Gasteiger partial charge on any atom is -0.394 e. The number of carbonyl (C=O) groups is 1. The van der Waals surface area contributed by atoms with Gasteiger partial charge in [0.05, 0.1) is 25.5 Å². The number of aromatic nitrogens is 3. The summed E-state index contributed by atoms with van der Waals surface area (Å²) < 4.78 is 54.9. The second-order valence-electron chi connectivity index (χ2n) is 10.1. The van der Waals surface area contributed by atoms with Gasteiger partial charge in [0, 0.05) is 15.6 Å². The summed E-state index contributed by atoms with van der Waals surface area (Å²) in [5, 5.41) is 44.9. The monoisotopic (exact) mass is 648 g/mol. The van der Waals surface area contributed by atoms with Crippen LogP contribution in [0.25, 0.3) is 22.0 Å². The van der Waals surface area contributed by atoms with Crippen LogP contribution in [-0.4, -0.2) is 79.6 Å². The van der Waals surface area contributed by atoms with Crippen LogP contribution in [0.5, 0.6) is 0 Å². The van der Waals surface area contributed by atoms with Gasteiger partial charge in [0.25, 0.3) is 5.91 Å². The van der Waals surface area contributed by atoms with Crippen molar-refractivity contribution in [3.05, 3.63) is 82.2 Å². The number of aliphatic hydroxyl groups excluding tert-OH is 3. The standard InChI is InChI=1S/C28H24BrF3N4O6/c29-17-6-5-16(14-3-1-2-4-15(14)17)27(40)33-22-7-8-41-28(22)26(39)24(25(38)21(12-37)42-28)36-11-20(34-35-36)13-9-18(30)23(32)19(31)10-13/h1-6,9-11,21-22,24-26,37-39H,7-8,12H2,(H,33,40)/t21-,22-,24+,25+,26-,28+/m1/s1. The van der Waals surface area contributed by atoms with Crippen LogP contribution >= 0.6 is 15.9 Å². The second-order valence-corrected chi connectivity index (χ2v) is 11.0. The first-order valence-electron chi connectivity index (χ1n) is 13.0. The van der Waals surface area contributed by atoms with E-state index in [-0.39, 0.29) is 24.3 Å². The second kappa shape index (κ2) is 11.0. The predicted molar refractivity (Wildman–Crippen MR) is 145 cm³/mol. The summed E-state index contributed by atoms with van der Waals surface area (Å²) in [5.41, 5.74) is 0.162. The van der Waals surface area contributed by atoms with E-state index in [0.29, 0.717) is 10.9 Å². The smallest absolute Gasteiger partial charge is 0.252 e. The van der Waals surface area contributed by atoms with Gasteiger partial charge in [0.2, 0.25) is 5.79 Å². The topological polar surface area (TPSA) is 139 Å². The molecule has 14 heteroatoms. The van der Waals surface area contributed by atoms with E-state index in [4.69, 9.17) is 9.47 Å². The SMILES string of the molecule is O=C(N[C@@H]1CCO[C@]12O[C@H](CO)[C@H](O)[C@H](n1cc(-c3cc(F)c(F)c(F)c3)nn1)[C@H]2O)c1ccc(Br)c2ccccc12. The number of fused-ring (bicyclic) bond motifs is 1. The van der Waals surface area contributed by atoms with Gasteiger partial charge in [-0.2, -0.15) is 0 Å². The van der Waals surface area contributed by atoms with Crippen LogP contribution < -0.4 is 5.32 Å². The molecule has 0 unspecified atom stereocenters. The molecule has 4 aromatic rings. The van der Waals surface area contributed by atoms with Gasteiger partial charge in [-0.3, -0.25) is 4.79 Å². The number of rotatable bonds is 5. The molecule has 1 amide bonds. The third kappa shape index (κ3) is 4.68. The molecule has 2 aliphatic heterocycles. The van der Waals surface area contributed by atoms with Crippen LogP contribution in [0.4, 0.5) is 13.2 Å². The van der Waals surface area contributed by atoms with Crippen LogP contribution in [0.1, 0.15) is 22.8 Å². The Labute approximate surface area is 244 Å². The first-order valence-corrected chi connectivity index (χ1v) is 13.8. The molecule has 10 nitrogen and oxygen atoms in total. The number of benzene rings is 3. The zero-order valence-electron chi connectivity index (χ0n) is 21.6. The summed E-state index contributed by atoms with van der Waals surface area (Å²) in [4.78, 5) is 13.5. The molecular formula is C28H24BrF3N4O6. The minimum atomic E-state index is -1.90. The lowest BCUT2D eigenvalue weighted by atomic mass is 9.86. The molecule has 4 N–H and O–H groups in total. The van der Waals surface area contributed by atoms with Crippen molar-refractivity contribution < 1.29 is 42.8 Å². The first-order chi connectivity index (χ1) is 20.1. The molecule has 2 aliphatic rings. The molecule has 0 aliphatic carbocycles. The average Bonchev–Trinajstić information content (AvgIpc) is 3.62. The predicted octanol–water partition coefficient (Wildman–Crippen LogP) is 2.85. The van der Waals surface area contributed by atoms with E-state index in [2.05, 4.69) is 31.6 Å². The van der Waals surface area contributed by atoms with Crippen LogP contribution in [0.3, 0.4) is 0 Å².